The number of ether oxygens (including phenoxy) is 2. The summed E-state index contributed by atoms with van der Waals surface area (Å²) in [6.45, 7) is 1.58. The number of hydrogen-bond acceptors (Lipinski definition) is 3. The minimum atomic E-state index is 0.255. The summed E-state index contributed by atoms with van der Waals surface area (Å²) in [7, 11) is 0. The Morgan fingerprint density at radius 1 is 1.11 bits per heavy atom. The monoisotopic (exact) mass is 294 g/mol. The molecule has 0 amide bonds. The predicted molar refractivity (Wildman–Crippen MR) is 79.2 cm³/mol. The highest BCUT2D eigenvalue weighted by molar-refractivity contribution is 7.19. The molecule has 3 rings (SSSR count). The Hall–Kier alpha value is -1.03. The molecule has 0 spiro atoms. The molecule has 1 aromatic carbocycles. The molecular weight excluding hydrogens is 280 g/mol. The normalized spacial score (nSPS) is 16.5. The molecule has 4 heteroatoms. The molecule has 0 saturated carbocycles. The van der Waals surface area contributed by atoms with Crippen molar-refractivity contribution in [3.8, 4) is 16.2 Å². The summed E-state index contributed by atoms with van der Waals surface area (Å²) in [6, 6.07) is 12.1. The number of halogens is 1. The molecule has 0 bridgehead atoms. The molecule has 0 atom stereocenters. The molecule has 100 valence electrons. The van der Waals surface area contributed by atoms with E-state index in [-0.39, 0.29) is 6.10 Å². The summed E-state index contributed by atoms with van der Waals surface area (Å²) in [5, 5.41) is 0. The van der Waals surface area contributed by atoms with Crippen LogP contribution in [-0.2, 0) is 4.74 Å². The van der Waals surface area contributed by atoms with Crippen LogP contribution in [0.4, 0.5) is 0 Å². The fraction of sp³-hybridized carbons (Fsp3) is 0.333. The van der Waals surface area contributed by atoms with Gasteiger partial charge in [0.1, 0.15) is 11.9 Å². The van der Waals surface area contributed by atoms with Gasteiger partial charge in [0.15, 0.2) is 0 Å². The first-order chi connectivity index (χ1) is 9.33. The third-order valence-corrected chi connectivity index (χ3v) is 4.45. The van der Waals surface area contributed by atoms with Gasteiger partial charge in [-0.15, -0.1) is 11.3 Å². The maximum atomic E-state index is 6.13. The van der Waals surface area contributed by atoms with E-state index in [9.17, 15) is 0 Å². The molecule has 1 fully saturated rings. The van der Waals surface area contributed by atoms with E-state index in [0.29, 0.717) is 0 Å². The molecule has 2 nitrogen and oxygen atoms in total. The molecule has 2 aromatic rings. The van der Waals surface area contributed by atoms with Crippen LogP contribution in [-0.4, -0.2) is 19.3 Å². The van der Waals surface area contributed by atoms with Crippen LogP contribution in [0.5, 0.6) is 5.75 Å². The highest BCUT2D eigenvalue weighted by Gasteiger charge is 2.17. The number of hydrogen-bond donors (Lipinski definition) is 0. The van der Waals surface area contributed by atoms with Gasteiger partial charge in [0, 0.05) is 23.3 Å². The first-order valence-corrected chi connectivity index (χ1v) is 7.61. The van der Waals surface area contributed by atoms with E-state index in [1.807, 2.05) is 30.3 Å². The van der Waals surface area contributed by atoms with Gasteiger partial charge in [-0.25, -0.2) is 0 Å². The number of thiophene rings is 1. The zero-order valence-electron chi connectivity index (χ0n) is 10.5. The summed E-state index contributed by atoms with van der Waals surface area (Å²) < 4.78 is 12.3. The molecular formula is C15H15ClO2S. The fourth-order valence-electron chi connectivity index (χ4n) is 2.21. The van der Waals surface area contributed by atoms with Gasteiger partial charge in [-0.05, 0) is 24.3 Å². The molecule has 0 N–H and O–H groups in total. The molecule has 19 heavy (non-hydrogen) atoms. The number of para-hydroxylation sites is 1. The van der Waals surface area contributed by atoms with Crippen LogP contribution in [0.15, 0.2) is 36.4 Å². The van der Waals surface area contributed by atoms with Gasteiger partial charge in [-0.2, -0.15) is 0 Å². The van der Waals surface area contributed by atoms with Crippen LogP contribution in [0, 0.1) is 0 Å². The summed E-state index contributed by atoms with van der Waals surface area (Å²) >= 11 is 7.59. The number of rotatable bonds is 3. The Bertz CT molecular complexity index is 547. The van der Waals surface area contributed by atoms with Crippen molar-refractivity contribution in [2.75, 3.05) is 13.2 Å². The molecule has 0 aliphatic carbocycles. The smallest absolute Gasteiger partial charge is 0.128 e. The van der Waals surface area contributed by atoms with Crippen molar-refractivity contribution in [3.63, 3.8) is 0 Å². The van der Waals surface area contributed by atoms with E-state index in [0.717, 1.165) is 46.6 Å². The summed E-state index contributed by atoms with van der Waals surface area (Å²) in [5.41, 5.74) is 1.12. The zero-order chi connectivity index (χ0) is 13.1. The summed E-state index contributed by atoms with van der Waals surface area (Å²) in [6.07, 6.45) is 2.17. The lowest BCUT2D eigenvalue weighted by molar-refractivity contribution is 0.0258. The highest BCUT2D eigenvalue weighted by Crippen LogP contribution is 2.37. The van der Waals surface area contributed by atoms with E-state index in [4.69, 9.17) is 21.1 Å². The van der Waals surface area contributed by atoms with Gasteiger partial charge in [0.2, 0.25) is 0 Å². The van der Waals surface area contributed by atoms with E-state index in [2.05, 4.69) is 6.07 Å². The molecule has 1 aliphatic heterocycles. The number of benzene rings is 1. The summed E-state index contributed by atoms with van der Waals surface area (Å²) in [4.78, 5) is 1.15. The largest absolute Gasteiger partial charge is 0.490 e. The Morgan fingerprint density at radius 2 is 1.89 bits per heavy atom. The van der Waals surface area contributed by atoms with Gasteiger partial charge in [0.25, 0.3) is 0 Å². The van der Waals surface area contributed by atoms with Gasteiger partial charge < -0.3 is 9.47 Å². The van der Waals surface area contributed by atoms with E-state index < -0.39 is 0 Å². The van der Waals surface area contributed by atoms with Crippen molar-refractivity contribution in [3.05, 3.63) is 40.7 Å². The minimum Gasteiger partial charge on any atom is -0.490 e. The van der Waals surface area contributed by atoms with Crippen LogP contribution in [0.25, 0.3) is 10.4 Å². The van der Waals surface area contributed by atoms with Crippen LogP contribution in [0.2, 0.25) is 4.34 Å². The lowest BCUT2D eigenvalue weighted by Crippen LogP contribution is -2.26. The van der Waals surface area contributed by atoms with Crippen molar-refractivity contribution in [1.82, 2.24) is 0 Å². The van der Waals surface area contributed by atoms with Gasteiger partial charge >= 0.3 is 0 Å². The molecule has 1 saturated heterocycles. The Kier molecular flexibility index (Phi) is 4.06. The van der Waals surface area contributed by atoms with Crippen molar-refractivity contribution in [2.45, 2.75) is 18.9 Å². The second-order valence-corrected chi connectivity index (χ2v) is 6.24. The Morgan fingerprint density at radius 3 is 2.63 bits per heavy atom. The van der Waals surface area contributed by atoms with Crippen LogP contribution < -0.4 is 4.74 Å². The molecule has 2 heterocycles. The van der Waals surface area contributed by atoms with Crippen LogP contribution in [0.1, 0.15) is 12.8 Å². The van der Waals surface area contributed by atoms with Crippen molar-refractivity contribution >= 4 is 22.9 Å². The molecule has 0 radical (unpaired) electrons. The summed E-state index contributed by atoms with van der Waals surface area (Å²) in [5.74, 6) is 0.938. The average molecular weight is 295 g/mol. The lowest BCUT2D eigenvalue weighted by atomic mass is 10.1. The van der Waals surface area contributed by atoms with E-state index in [1.54, 1.807) is 11.3 Å². The SMILES string of the molecule is Clc1ccc(-c2ccccc2OC2CCOCC2)s1. The predicted octanol–water partition coefficient (Wildman–Crippen LogP) is 4.63. The molecule has 1 aliphatic rings. The Balaban J connectivity index is 1.84. The zero-order valence-corrected chi connectivity index (χ0v) is 12.0. The van der Waals surface area contributed by atoms with Gasteiger partial charge in [-0.3, -0.25) is 0 Å². The first-order valence-electron chi connectivity index (χ1n) is 6.42. The lowest BCUT2D eigenvalue weighted by Gasteiger charge is -2.24. The minimum absolute atomic E-state index is 0.255. The third-order valence-electron chi connectivity index (χ3n) is 3.19. The van der Waals surface area contributed by atoms with Gasteiger partial charge in [0.05, 0.1) is 17.6 Å². The first kappa shape index (κ1) is 13.0. The van der Waals surface area contributed by atoms with Gasteiger partial charge in [-0.1, -0.05) is 23.7 Å². The topological polar surface area (TPSA) is 18.5 Å². The maximum Gasteiger partial charge on any atom is 0.128 e. The highest BCUT2D eigenvalue weighted by atomic mass is 35.5. The fourth-order valence-corrected chi connectivity index (χ4v) is 3.28. The second-order valence-electron chi connectivity index (χ2n) is 4.53. The van der Waals surface area contributed by atoms with E-state index >= 15 is 0 Å². The van der Waals surface area contributed by atoms with E-state index in [1.165, 1.54) is 0 Å². The van der Waals surface area contributed by atoms with Crippen molar-refractivity contribution in [2.24, 2.45) is 0 Å². The second kappa shape index (κ2) is 5.95. The average Bonchev–Trinajstić information content (AvgIpc) is 2.87. The molecule has 1 aromatic heterocycles. The van der Waals surface area contributed by atoms with Crippen LogP contribution in [0.3, 0.4) is 0 Å². The van der Waals surface area contributed by atoms with Crippen molar-refractivity contribution in [1.29, 1.82) is 0 Å². The quantitative estimate of drug-likeness (QED) is 0.822. The standard InChI is InChI=1S/C15H15ClO2S/c16-15-6-5-14(19-15)12-3-1-2-4-13(12)18-11-7-9-17-10-8-11/h1-6,11H,7-10H2. The maximum absolute atomic E-state index is 6.13. The third kappa shape index (κ3) is 3.11. The Labute approximate surface area is 121 Å². The van der Waals surface area contributed by atoms with Crippen LogP contribution >= 0.6 is 22.9 Å². The molecule has 0 unspecified atom stereocenters. The van der Waals surface area contributed by atoms with Crippen molar-refractivity contribution < 1.29 is 9.47 Å².